The number of rotatable bonds is 6. The minimum Gasteiger partial charge on any atom is -0.319 e. The second-order valence-corrected chi connectivity index (χ2v) is 3.33. The van der Waals surface area contributed by atoms with Crippen LogP contribution in [0.4, 0.5) is 0 Å². The summed E-state index contributed by atoms with van der Waals surface area (Å²) in [5.41, 5.74) is 0. The van der Waals surface area contributed by atoms with Gasteiger partial charge in [-0.2, -0.15) is 5.26 Å². The highest BCUT2D eigenvalue weighted by molar-refractivity contribution is 4.71. The Hall–Kier alpha value is -0.590. The molecule has 0 fully saturated rings. The van der Waals surface area contributed by atoms with Gasteiger partial charge >= 0.3 is 0 Å². The number of hydrogen-bond donors (Lipinski definition) is 1. The van der Waals surface area contributed by atoms with Gasteiger partial charge in [0.2, 0.25) is 0 Å². The van der Waals surface area contributed by atoms with Crippen molar-refractivity contribution in [2.24, 2.45) is 5.92 Å². The average Bonchev–Trinajstić information content (AvgIpc) is 2.01. The van der Waals surface area contributed by atoms with Gasteiger partial charge in [-0.05, 0) is 26.6 Å². The van der Waals surface area contributed by atoms with Crippen LogP contribution in [0.15, 0.2) is 0 Å². The summed E-state index contributed by atoms with van der Waals surface area (Å²) in [5.74, 6) is 0.652. The van der Waals surface area contributed by atoms with E-state index in [1.54, 1.807) is 0 Å². The monoisotopic (exact) mass is 169 g/mol. The van der Waals surface area contributed by atoms with Crippen LogP contribution in [0, 0.1) is 17.2 Å². The van der Waals surface area contributed by atoms with Gasteiger partial charge in [-0.25, -0.2) is 0 Å². The van der Waals surface area contributed by atoms with Crippen molar-refractivity contribution >= 4 is 0 Å². The molecule has 0 radical (unpaired) electrons. The predicted molar refractivity (Wildman–Crippen MR) is 50.8 cm³/mol. The molecule has 12 heavy (non-hydrogen) atoms. The van der Waals surface area contributed by atoms with E-state index >= 15 is 0 Å². The summed E-state index contributed by atoms with van der Waals surface area (Å²) in [4.78, 5) is 2.20. The summed E-state index contributed by atoms with van der Waals surface area (Å²) in [7, 11) is 4.02. The Bertz CT molecular complexity index is 139. The van der Waals surface area contributed by atoms with E-state index in [1.807, 2.05) is 7.05 Å². The fourth-order valence-corrected chi connectivity index (χ4v) is 1.28. The lowest BCUT2D eigenvalue weighted by Gasteiger charge is -2.19. The van der Waals surface area contributed by atoms with Crippen LogP contribution in [0.5, 0.6) is 0 Å². The molecule has 0 saturated heterocycles. The first-order chi connectivity index (χ1) is 5.70. The van der Waals surface area contributed by atoms with Crippen LogP contribution in [-0.4, -0.2) is 38.6 Å². The van der Waals surface area contributed by atoms with E-state index in [1.165, 1.54) is 0 Å². The zero-order valence-corrected chi connectivity index (χ0v) is 8.30. The van der Waals surface area contributed by atoms with Crippen molar-refractivity contribution in [2.45, 2.75) is 13.3 Å². The van der Waals surface area contributed by atoms with E-state index in [9.17, 15) is 0 Å². The topological polar surface area (TPSA) is 39.1 Å². The standard InChI is InChI=1S/C9H19N3/c1-9(7-11-2)8-12(3)6-4-5-10/h9,11H,4,6-8H2,1-3H3. The number of nitrogens with one attached hydrogen (secondary N) is 1. The SMILES string of the molecule is CNCC(C)CN(C)CCC#N. The van der Waals surface area contributed by atoms with Gasteiger partial charge in [-0.15, -0.1) is 0 Å². The molecule has 1 N–H and O–H groups in total. The number of hydrogen-bond acceptors (Lipinski definition) is 3. The summed E-state index contributed by atoms with van der Waals surface area (Å²) in [6, 6.07) is 2.15. The lowest BCUT2D eigenvalue weighted by atomic mass is 10.1. The molecule has 0 aliphatic rings. The zero-order valence-electron chi connectivity index (χ0n) is 8.30. The molecule has 0 aromatic heterocycles. The molecule has 3 nitrogen and oxygen atoms in total. The summed E-state index contributed by atoms with van der Waals surface area (Å²) < 4.78 is 0. The van der Waals surface area contributed by atoms with Crippen molar-refractivity contribution in [2.75, 3.05) is 33.7 Å². The third-order valence-corrected chi connectivity index (χ3v) is 1.78. The molecule has 0 rings (SSSR count). The van der Waals surface area contributed by atoms with E-state index in [0.29, 0.717) is 12.3 Å². The maximum Gasteiger partial charge on any atom is 0.0635 e. The number of nitriles is 1. The maximum absolute atomic E-state index is 8.36. The van der Waals surface area contributed by atoms with Crippen molar-refractivity contribution < 1.29 is 0 Å². The highest BCUT2D eigenvalue weighted by Gasteiger charge is 2.04. The largest absolute Gasteiger partial charge is 0.319 e. The van der Waals surface area contributed by atoms with Crippen molar-refractivity contribution in [1.29, 1.82) is 5.26 Å². The average molecular weight is 169 g/mol. The Balaban J connectivity index is 3.41. The predicted octanol–water partition coefficient (Wildman–Crippen LogP) is 0.687. The maximum atomic E-state index is 8.36. The Morgan fingerprint density at radius 2 is 2.25 bits per heavy atom. The van der Waals surface area contributed by atoms with Crippen molar-refractivity contribution in [3.8, 4) is 6.07 Å². The molecular weight excluding hydrogens is 150 g/mol. The van der Waals surface area contributed by atoms with Crippen LogP contribution < -0.4 is 5.32 Å². The van der Waals surface area contributed by atoms with Crippen molar-refractivity contribution in [3.63, 3.8) is 0 Å². The highest BCUT2D eigenvalue weighted by Crippen LogP contribution is 1.96. The first-order valence-electron chi connectivity index (χ1n) is 4.40. The van der Waals surface area contributed by atoms with Gasteiger partial charge in [0.15, 0.2) is 0 Å². The molecule has 1 unspecified atom stereocenters. The minimum atomic E-state index is 0.628. The van der Waals surface area contributed by atoms with E-state index in [0.717, 1.165) is 19.6 Å². The Morgan fingerprint density at radius 1 is 1.58 bits per heavy atom. The van der Waals surface area contributed by atoms with Crippen LogP contribution in [0.25, 0.3) is 0 Å². The van der Waals surface area contributed by atoms with Gasteiger partial charge in [0.05, 0.1) is 6.07 Å². The molecule has 0 aromatic carbocycles. The van der Waals surface area contributed by atoms with E-state index in [-0.39, 0.29) is 0 Å². The molecule has 0 amide bonds. The Labute approximate surface area is 75.4 Å². The number of nitrogens with zero attached hydrogens (tertiary/aromatic N) is 2. The van der Waals surface area contributed by atoms with E-state index in [2.05, 4.69) is 30.3 Å². The normalized spacial score (nSPS) is 12.9. The Kier molecular flexibility index (Phi) is 6.73. The highest BCUT2D eigenvalue weighted by atomic mass is 15.1. The van der Waals surface area contributed by atoms with Gasteiger partial charge in [-0.3, -0.25) is 0 Å². The van der Waals surface area contributed by atoms with Crippen LogP contribution in [0.3, 0.4) is 0 Å². The smallest absolute Gasteiger partial charge is 0.0635 e. The molecular formula is C9H19N3. The third kappa shape index (κ3) is 6.14. The third-order valence-electron chi connectivity index (χ3n) is 1.78. The molecule has 0 aliphatic carbocycles. The second-order valence-electron chi connectivity index (χ2n) is 3.33. The van der Waals surface area contributed by atoms with Gasteiger partial charge in [0.25, 0.3) is 0 Å². The molecule has 0 bridgehead atoms. The van der Waals surface area contributed by atoms with Gasteiger partial charge in [0, 0.05) is 19.5 Å². The molecule has 70 valence electrons. The van der Waals surface area contributed by atoms with Crippen LogP contribution in [-0.2, 0) is 0 Å². The van der Waals surface area contributed by atoms with Crippen molar-refractivity contribution in [1.82, 2.24) is 10.2 Å². The summed E-state index contributed by atoms with van der Waals surface area (Å²) in [5, 5.41) is 11.5. The molecule has 0 spiro atoms. The molecule has 1 atom stereocenters. The van der Waals surface area contributed by atoms with Gasteiger partial charge in [0.1, 0.15) is 0 Å². The zero-order chi connectivity index (χ0) is 9.40. The van der Waals surface area contributed by atoms with Crippen LogP contribution in [0.2, 0.25) is 0 Å². The van der Waals surface area contributed by atoms with Gasteiger partial charge < -0.3 is 10.2 Å². The Morgan fingerprint density at radius 3 is 2.75 bits per heavy atom. The van der Waals surface area contributed by atoms with Gasteiger partial charge in [-0.1, -0.05) is 6.92 Å². The quantitative estimate of drug-likeness (QED) is 0.636. The molecule has 0 heterocycles. The summed E-state index contributed by atoms with van der Waals surface area (Å²) in [6.45, 7) is 5.18. The second kappa shape index (κ2) is 7.08. The summed E-state index contributed by atoms with van der Waals surface area (Å²) in [6.07, 6.45) is 0.628. The fourth-order valence-electron chi connectivity index (χ4n) is 1.28. The first-order valence-corrected chi connectivity index (χ1v) is 4.40. The van der Waals surface area contributed by atoms with Crippen molar-refractivity contribution in [3.05, 3.63) is 0 Å². The van der Waals surface area contributed by atoms with Crippen LogP contribution >= 0.6 is 0 Å². The lowest BCUT2D eigenvalue weighted by Crippen LogP contribution is -2.30. The summed E-state index contributed by atoms with van der Waals surface area (Å²) >= 11 is 0. The molecule has 0 aromatic rings. The molecule has 3 heteroatoms. The van der Waals surface area contributed by atoms with E-state index in [4.69, 9.17) is 5.26 Å². The molecule has 0 saturated carbocycles. The fraction of sp³-hybridized carbons (Fsp3) is 0.889. The lowest BCUT2D eigenvalue weighted by molar-refractivity contribution is 0.289. The molecule has 0 aliphatic heterocycles. The van der Waals surface area contributed by atoms with Crippen LogP contribution in [0.1, 0.15) is 13.3 Å². The minimum absolute atomic E-state index is 0.628. The van der Waals surface area contributed by atoms with E-state index < -0.39 is 0 Å². The first kappa shape index (κ1) is 11.4.